The molecule has 0 spiro atoms. The molecule has 2 aromatic carbocycles. The van der Waals surface area contributed by atoms with Gasteiger partial charge in [-0.05, 0) is 30.7 Å². The Bertz CT molecular complexity index is 745. The Hall–Kier alpha value is -1.31. The summed E-state index contributed by atoms with van der Waals surface area (Å²) in [5.74, 6) is -2.25. The van der Waals surface area contributed by atoms with Gasteiger partial charge in [-0.25, -0.2) is 21.9 Å². The van der Waals surface area contributed by atoms with Crippen LogP contribution in [0.1, 0.15) is 18.5 Å². The Labute approximate surface area is 130 Å². The first kappa shape index (κ1) is 16.1. The molecule has 0 saturated heterocycles. The van der Waals surface area contributed by atoms with Gasteiger partial charge in [-0.15, -0.1) is 0 Å². The van der Waals surface area contributed by atoms with Crippen LogP contribution in [0, 0.1) is 11.6 Å². The van der Waals surface area contributed by atoms with Crippen molar-refractivity contribution in [2.45, 2.75) is 17.9 Å². The molecule has 7 heteroatoms. The lowest BCUT2D eigenvalue weighted by Gasteiger charge is -2.16. The highest BCUT2D eigenvalue weighted by molar-refractivity contribution is 9.10. The summed E-state index contributed by atoms with van der Waals surface area (Å²) in [6.45, 7) is 1.59. The topological polar surface area (TPSA) is 46.2 Å². The van der Waals surface area contributed by atoms with Gasteiger partial charge in [0.1, 0.15) is 11.6 Å². The third-order valence-electron chi connectivity index (χ3n) is 2.89. The summed E-state index contributed by atoms with van der Waals surface area (Å²) in [5, 5.41) is 0. The first-order chi connectivity index (χ1) is 9.83. The minimum atomic E-state index is -4.31. The lowest BCUT2D eigenvalue weighted by atomic mass is 10.1. The molecule has 0 bridgehead atoms. The molecule has 0 aliphatic carbocycles. The van der Waals surface area contributed by atoms with E-state index in [2.05, 4.69) is 20.7 Å². The van der Waals surface area contributed by atoms with Gasteiger partial charge in [0.05, 0.1) is 0 Å². The number of hydrogen-bond acceptors (Lipinski definition) is 2. The van der Waals surface area contributed by atoms with E-state index in [1.165, 1.54) is 0 Å². The van der Waals surface area contributed by atoms with Crippen molar-refractivity contribution >= 4 is 26.0 Å². The summed E-state index contributed by atoms with van der Waals surface area (Å²) in [7, 11) is -4.31. The Balaban J connectivity index is 2.36. The third kappa shape index (κ3) is 3.48. The number of hydrogen-bond donors (Lipinski definition) is 1. The predicted molar refractivity (Wildman–Crippen MR) is 79.2 cm³/mol. The van der Waals surface area contributed by atoms with Gasteiger partial charge in [0, 0.05) is 10.5 Å². The molecule has 0 heterocycles. The normalized spacial score (nSPS) is 13.1. The Morgan fingerprint density at radius 1 is 1.05 bits per heavy atom. The third-order valence-corrected chi connectivity index (χ3v) is 5.20. The molecule has 2 rings (SSSR count). The van der Waals surface area contributed by atoms with E-state index < -0.39 is 32.6 Å². The maximum absolute atomic E-state index is 13.6. The van der Waals surface area contributed by atoms with Gasteiger partial charge in [0.25, 0.3) is 0 Å². The average molecular weight is 376 g/mol. The van der Waals surface area contributed by atoms with E-state index in [1.54, 1.807) is 31.2 Å². The molecule has 1 N–H and O–H groups in total. The van der Waals surface area contributed by atoms with Crippen molar-refractivity contribution in [2.75, 3.05) is 0 Å². The number of rotatable bonds is 4. The molecule has 0 aromatic heterocycles. The number of nitrogens with one attached hydrogen (secondary N) is 1. The van der Waals surface area contributed by atoms with Gasteiger partial charge >= 0.3 is 0 Å². The quantitative estimate of drug-likeness (QED) is 0.883. The van der Waals surface area contributed by atoms with E-state index in [1.807, 2.05) is 0 Å². The zero-order chi connectivity index (χ0) is 15.6. The molecule has 0 fully saturated rings. The molecule has 0 saturated carbocycles. The van der Waals surface area contributed by atoms with Crippen molar-refractivity contribution in [3.05, 3.63) is 64.1 Å². The summed E-state index contributed by atoms with van der Waals surface area (Å²) < 4.78 is 54.5. The second kappa shape index (κ2) is 6.21. The largest absolute Gasteiger partial charge is 0.246 e. The van der Waals surface area contributed by atoms with Gasteiger partial charge < -0.3 is 0 Å². The number of benzene rings is 2. The first-order valence-electron chi connectivity index (χ1n) is 6.03. The van der Waals surface area contributed by atoms with Crippen LogP contribution in [0.25, 0.3) is 0 Å². The fraction of sp³-hybridized carbons (Fsp3) is 0.143. The van der Waals surface area contributed by atoms with E-state index in [0.717, 1.165) is 18.2 Å². The van der Waals surface area contributed by atoms with Gasteiger partial charge in [0.15, 0.2) is 4.90 Å². The lowest BCUT2D eigenvalue weighted by molar-refractivity contribution is 0.509. The first-order valence-corrected chi connectivity index (χ1v) is 8.31. The van der Waals surface area contributed by atoms with Gasteiger partial charge in [-0.2, -0.15) is 0 Å². The molecule has 21 heavy (non-hydrogen) atoms. The van der Waals surface area contributed by atoms with Crippen molar-refractivity contribution in [3.8, 4) is 0 Å². The van der Waals surface area contributed by atoms with Crippen LogP contribution < -0.4 is 4.72 Å². The van der Waals surface area contributed by atoms with Crippen molar-refractivity contribution < 1.29 is 17.2 Å². The average Bonchev–Trinajstić information content (AvgIpc) is 2.37. The van der Waals surface area contributed by atoms with E-state index in [0.29, 0.717) is 10.0 Å². The molecule has 0 amide bonds. The maximum Gasteiger partial charge on any atom is 0.246 e. The number of halogens is 3. The van der Waals surface area contributed by atoms with Gasteiger partial charge in [-0.1, -0.05) is 40.2 Å². The second-order valence-electron chi connectivity index (χ2n) is 4.42. The summed E-state index contributed by atoms with van der Waals surface area (Å²) in [6, 6.07) is 9.27. The molecular formula is C14H12BrF2NO2S. The van der Waals surface area contributed by atoms with E-state index in [-0.39, 0.29) is 0 Å². The Morgan fingerprint density at radius 2 is 1.62 bits per heavy atom. The van der Waals surface area contributed by atoms with Crippen molar-refractivity contribution in [3.63, 3.8) is 0 Å². The summed E-state index contributed by atoms with van der Waals surface area (Å²) in [5.41, 5.74) is 0.665. The smallest absolute Gasteiger partial charge is 0.207 e. The van der Waals surface area contributed by atoms with Crippen molar-refractivity contribution in [1.82, 2.24) is 4.72 Å². The Kier molecular flexibility index (Phi) is 4.75. The minimum Gasteiger partial charge on any atom is -0.207 e. The van der Waals surface area contributed by atoms with Crippen LogP contribution in [0.2, 0.25) is 0 Å². The van der Waals surface area contributed by atoms with Crippen LogP contribution in [0.3, 0.4) is 0 Å². The van der Waals surface area contributed by atoms with Crippen LogP contribution in [0.4, 0.5) is 8.78 Å². The monoisotopic (exact) mass is 375 g/mol. The molecule has 3 nitrogen and oxygen atoms in total. The fourth-order valence-electron chi connectivity index (χ4n) is 1.92. The molecule has 2 aromatic rings. The maximum atomic E-state index is 13.6. The van der Waals surface area contributed by atoms with Gasteiger partial charge in [0.2, 0.25) is 10.0 Å². The lowest BCUT2D eigenvalue weighted by Crippen LogP contribution is -2.28. The Morgan fingerprint density at radius 3 is 2.19 bits per heavy atom. The predicted octanol–water partition coefficient (Wildman–Crippen LogP) is 3.77. The van der Waals surface area contributed by atoms with Crippen LogP contribution in [0.5, 0.6) is 0 Å². The van der Waals surface area contributed by atoms with Crippen LogP contribution >= 0.6 is 15.9 Å². The SMILES string of the molecule is C[C@@H](NS(=O)(=O)c1c(F)cccc1F)c1ccccc1Br. The van der Waals surface area contributed by atoms with Gasteiger partial charge in [-0.3, -0.25) is 0 Å². The standard InChI is InChI=1S/C14H12BrF2NO2S/c1-9(10-5-2-3-6-11(10)15)18-21(19,20)14-12(16)7-4-8-13(14)17/h2-9,18H,1H3/t9-/m1/s1. The van der Waals surface area contributed by atoms with E-state index >= 15 is 0 Å². The zero-order valence-electron chi connectivity index (χ0n) is 11.0. The van der Waals surface area contributed by atoms with Crippen LogP contribution in [-0.4, -0.2) is 8.42 Å². The van der Waals surface area contributed by atoms with E-state index in [9.17, 15) is 17.2 Å². The molecule has 0 radical (unpaired) electrons. The second-order valence-corrected chi connectivity index (χ2v) is 6.92. The molecular weight excluding hydrogens is 364 g/mol. The molecule has 112 valence electrons. The highest BCUT2D eigenvalue weighted by Gasteiger charge is 2.26. The van der Waals surface area contributed by atoms with Crippen molar-refractivity contribution in [1.29, 1.82) is 0 Å². The summed E-state index contributed by atoms with van der Waals surface area (Å²) in [4.78, 5) is -0.969. The zero-order valence-corrected chi connectivity index (χ0v) is 13.4. The molecule has 0 aliphatic heterocycles. The summed E-state index contributed by atoms with van der Waals surface area (Å²) >= 11 is 3.31. The molecule has 0 unspecified atom stereocenters. The summed E-state index contributed by atoms with van der Waals surface area (Å²) in [6.07, 6.45) is 0. The minimum absolute atomic E-state index is 0.649. The fourth-order valence-corrected chi connectivity index (χ4v) is 3.91. The van der Waals surface area contributed by atoms with Crippen LogP contribution in [-0.2, 0) is 10.0 Å². The van der Waals surface area contributed by atoms with Crippen molar-refractivity contribution in [2.24, 2.45) is 0 Å². The highest BCUT2D eigenvalue weighted by Crippen LogP contribution is 2.25. The molecule has 1 atom stereocenters. The van der Waals surface area contributed by atoms with E-state index in [4.69, 9.17) is 0 Å². The molecule has 0 aliphatic rings. The van der Waals surface area contributed by atoms with Crippen LogP contribution in [0.15, 0.2) is 51.8 Å². The highest BCUT2D eigenvalue weighted by atomic mass is 79.9. The number of sulfonamides is 1.